The summed E-state index contributed by atoms with van der Waals surface area (Å²) >= 11 is 0. The number of carboxylic acid groups (broad SMARTS) is 1. The second-order valence-corrected chi connectivity index (χ2v) is 12.3. The van der Waals surface area contributed by atoms with Crippen molar-refractivity contribution >= 4 is 23.8 Å². The quantitative estimate of drug-likeness (QED) is 0.0321. The number of carbonyl (C=O) groups excluding carboxylic acids is 3. The summed E-state index contributed by atoms with van der Waals surface area (Å²) in [7, 11) is 0. The maximum atomic E-state index is 12.6. The molecule has 9 nitrogen and oxygen atoms in total. The minimum Gasteiger partial charge on any atom is -0.480 e. The molecule has 274 valence electrons. The Morgan fingerprint density at radius 1 is 0.646 bits per heavy atom. The Hall–Kier alpha value is -3.20. The van der Waals surface area contributed by atoms with Gasteiger partial charge in [0.05, 0.1) is 13.2 Å². The number of hydrogen-bond acceptors (Lipinski definition) is 6. The molecule has 2 unspecified atom stereocenters. The number of aliphatic hydroxyl groups excluding tert-OH is 1. The molecule has 0 aliphatic rings. The van der Waals surface area contributed by atoms with E-state index in [1.165, 1.54) is 44.9 Å². The van der Waals surface area contributed by atoms with Gasteiger partial charge in [-0.15, -0.1) is 0 Å². The number of unbranched alkanes of at least 4 members (excludes halogenated alkanes) is 12. The van der Waals surface area contributed by atoms with E-state index >= 15 is 0 Å². The third-order valence-corrected chi connectivity index (χ3v) is 7.78. The first-order chi connectivity index (χ1) is 23.3. The zero-order chi connectivity index (χ0) is 35.5. The molecule has 0 aromatic heterocycles. The number of allylic oxidation sites excluding steroid dienone is 7. The monoisotopic (exact) mass is 674 g/mol. The van der Waals surface area contributed by atoms with Gasteiger partial charge in [0.2, 0.25) is 11.8 Å². The van der Waals surface area contributed by atoms with Gasteiger partial charge < -0.3 is 25.6 Å². The van der Waals surface area contributed by atoms with Crippen molar-refractivity contribution in [2.45, 2.75) is 161 Å². The van der Waals surface area contributed by atoms with Crippen molar-refractivity contribution in [3.05, 3.63) is 48.6 Å². The molecule has 0 heterocycles. The van der Waals surface area contributed by atoms with Crippen LogP contribution in [0.1, 0.15) is 149 Å². The number of rotatable bonds is 32. The lowest BCUT2D eigenvalue weighted by Crippen LogP contribution is -2.47. The Balaban J connectivity index is 4.33. The normalized spacial score (nSPS) is 13.1. The summed E-state index contributed by atoms with van der Waals surface area (Å²) in [5, 5.41) is 22.4. The summed E-state index contributed by atoms with van der Waals surface area (Å²) in [4.78, 5) is 47.3. The molecular weight excluding hydrogens is 608 g/mol. The molecule has 0 saturated heterocycles. The lowest BCUT2D eigenvalue weighted by atomic mass is 10.1. The Kier molecular flexibility index (Phi) is 31.4. The van der Waals surface area contributed by atoms with Crippen molar-refractivity contribution in [2.24, 2.45) is 0 Å². The molecule has 9 heteroatoms. The fourth-order valence-corrected chi connectivity index (χ4v) is 4.84. The van der Waals surface area contributed by atoms with E-state index in [2.05, 4.69) is 67.0 Å². The molecule has 0 aliphatic heterocycles. The van der Waals surface area contributed by atoms with Crippen molar-refractivity contribution in [2.75, 3.05) is 13.2 Å². The zero-order valence-corrected chi connectivity index (χ0v) is 30.0. The van der Waals surface area contributed by atoms with E-state index < -0.39 is 24.5 Å². The molecule has 4 N–H and O–H groups in total. The third-order valence-electron chi connectivity index (χ3n) is 7.78. The molecule has 2 amide bonds. The van der Waals surface area contributed by atoms with Gasteiger partial charge in [-0.1, -0.05) is 114 Å². The van der Waals surface area contributed by atoms with Crippen LogP contribution in [0.3, 0.4) is 0 Å². The minimum absolute atomic E-state index is 0.146. The molecule has 0 saturated carbocycles. The molecular formula is C39H66N2O7. The minimum atomic E-state index is -1.39. The van der Waals surface area contributed by atoms with Crippen LogP contribution in [0.15, 0.2) is 48.6 Å². The van der Waals surface area contributed by atoms with Gasteiger partial charge in [0.15, 0.2) is 0 Å². The fraction of sp³-hybridized carbons (Fsp3) is 0.692. The standard InChI is InChI=1S/C39H66N2O7/c1-3-5-7-9-11-12-13-14-15-16-17-19-21-27-31-38(45)48-34(28-24-20-18-10-8-6-4-2)29-25-22-23-26-30-36(43)40-32-37(44)41-35(33-42)39(46)47/h9-11,13-14,18,24,28,34-35,42H,3-8,12,15-17,19-23,25-27,29-33H2,1-2H3,(H,40,43)(H,41,44)(H,46,47)/b11-9-,14-13-,18-10-,28-24-. The van der Waals surface area contributed by atoms with Crippen molar-refractivity contribution in [3.8, 4) is 0 Å². The van der Waals surface area contributed by atoms with Crippen LogP contribution in [-0.2, 0) is 23.9 Å². The number of ether oxygens (including phenoxy) is 1. The second-order valence-electron chi connectivity index (χ2n) is 12.3. The lowest BCUT2D eigenvalue weighted by Gasteiger charge is -2.15. The molecule has 0 spiro atoms. The maximum absolute atomic E-state index is 12.6. The van der Waals surface area contributed by atoms with Crippen LogP contribution in [0.2, 0.25) is 0 Å². The first-order valence-corrected chi connectivity index (χ1v) is 18.5. The van der Waals surface area contributed by atoms with Crippen LogP contribution in [0.4, 0.5) is 0 Å². The van der Waals surface area contributed by atoms with Gasteiger partial charge in [0.25, 0.3) is 0 Å². The van der Waals surface area contributed by atoms with Gasteiger partial charge in [-0.3, -0.25) is 14.4 Å². The van der Waals surface area contributed by atoms with Crippen molar-refractivity contribution in [3.63, 3.8) is 0 Å². The zero-order valence-electron chi connectivity index (χ0n) is 30.0. The SMILES string of the molecule is CCCC/C=C\C/C=C\CCCCCCCC(=O)OC(/C=C\C/C=C\CCCC)CCCCCCC(=O)NCC(=O)NC(CO)C(=O)O. The maximum Gasteiger partial charge on any atom is 0.328 e. The summed E-state index contributed by atoms with van der Waals surface area (Å²) in [6.07, 6.45) is 37.3. The predicted octanol–water partition coefficient (Wildman–Crippen LogP) is 8.03. The van der Waals surface area contributed by atoms with Crippen molar-refractivity contribution in [1.82, 2.24) is 10.6 Å². The number of nitrogens with one attached hydrogen (secondary N) is 2. The van der Waals surface area contributed by atoms with Crippen LogP contribution < -0.4 is 10.6 Å². The van der Waals surface area contributed by atoms with E-state index in [4.69, 9.17) is 14.9 Å². The van der Waals surface area contributed by atoms with E-state index in [0.717, 1.165) is 70.6 Å². The van der Waals surface area contributed by atoms with Crippen LogP contribution in [0.5, 0.6) is 0 Å². The van der Waals surface area contributed by atoms with Crippen LogP contribution in [-0.4, -0.2) is 59.3 Å². The average molecular weight is 675 g/mol. The Morgan fingerprint density at radius 2 is 1.19 bits per heavy atom. The number of aliphatic hydroxyl groups is 1. The number of carbonyl (C=O) groups is 4. The molecule has 0 bridgehead atoms. The predicted molar refractivity (Wildman–Crippen MR) is 194 cm³/mol. The summed E-state index contributed by atoms with van der Waals surface area (Å²) in [5.74, 6) is -2.45. The second kappa shape index (κ2) is 33.7. The summed E-state index contributed by atoms with van der Waals surface area (Å²) < 4.78 is 5.84. The Bertz CT molecular complexity index is 958. The first kappa shape index (κ1) is 44.8. The molecule has 0 aliphatic carbocycles. The summed E-state index contributed by atoms with van der Waals surface area (Å²) in [6, 6.07) is -1.39. The average Bonchev–Trinajstić information content (AvgIpc) is 3.07. The van der Waals surface area contributed by atoms with E-state index in [9.17, 15) is 19.2 Å². The topological polar surface area (TPSA) is 142 Å². The highest BCUT2D eigenvalue weighted by molar-refractivity contribution is 5.87. The smallest absolute Gasteiger partial charge is 0.328 e. The number of carboxylic acids is 1. The highest BCUT2D eigenvalue weighted by Crippen LogP contribution is 2.14. The highest BCUT2D eigenvalue weighted by atomic mass is 16.5. The third kappa shape index (κ3) is 30.2. The number of esters is 1. The van der Waals surface area contributed by atoms with Crippen molar-refractivity contribution in [1.29, 1.82) is 0 Å². The van der Waals surface area contributed by atoms with Crippen molar-refractivity contribution < 1.29 is 34.1 Å². The van der Waals surface area contributed by atoms with E-state index in [0.29, 0.717) is 12.8 Å². The fourth-order valence-electron chi connectivity index (χ4n) is 4.84. The van der Waals surface area contributed by atoms with Gasteiger partial charge >= 0.3 is 11.9 Å². The van der Waals surface area contributed by atoms with E-state index in [1.807, 2.05) is 6.08 Å². The highest BCUT2D eigenvalue weighted by Gasteiger charge is 2.18. The van der Waals surface area contributed by atoms with Crippen LogP contribution in [0.25, 0.3) is 0 Å². The molecule has 48 heavy (non-hydrogen) atoms. The lowest BCUT2D eigenvalue weighted by molar-refractivity contribution is -0.147. The van der Waals surface area contributed by atoms with E-state index in [-0.39, 0.29) is 30.9 Å². The largest absolute Gasteiger partial charge is 0.480 e. The van der Waals surface area contributed by atoms with E-state index in [1.54, 1.807) is 0 Å². The van der Waals surface area contributed by atoms with Crippen LogP contribution >= 0.6 is 0 Å². The first-order valence-electron chi connectivity index (χ1n) is 18.5. The summed E-state index contributed by atoms with van der Waals surface area (Å²) in [6.45, 7) is 3.33. The van der Waals surface area contributed by atoms with Crippen LogP contribution in [0, 0.1) is 0 Å². The molecule has 0 radical (unpaired) electrons. The number of aliphatic carboxylic acids is 1. The Morgan fingerprint density at radius 3 is 1.79 bits per heavy atom. The van der Waals surface area contributed by atoms with Gasteiger partial charge in [-0.2, -0.15) is 0 Å². The van der Waals surface area contributed by atoms with Gasteiger partial charge in [0.1, 0.15) is 12.1 Å². The molecule has 0 aromatic carbocycles. The van der Waals surface area contributed by atoms with Gasteiger partial charge in [-0.25, -0.2) is 4.79 Å². The molecule has 0 aromatic rings. The summed E-state index contributed by atoms with van der Waals surface area (Å²) in [5.41, 5.74) is 0. The number of amides is 2. The molecule has 0 fully saturated rings. The Labute approximate surface area is 290 Å². The number of hydrogen-bond donors (Lipinski definition) is 4. The molecule has 2 atom stereocenters. The van der Waals surface area contributed by atoms with Gasteiger partial charge in [-0.05, 0) is 70.3 Å². The molecule has 0 rings (SSSR count). The van der Waals surface area contributed by atoms with Gasteiger partial charge in [0, 0.05) is 12.8 Å².